The molecule has 0 saturated heterocycles. The van der Waals surface area contributed by atoms with Crippen molar-refractivity contribution in [2.45, 2.75) is 19.9 Å². The van der Waals surface area contributed by atoms with E-state index in [0.29, 0.717) is 6.04 Å². The second kappa shape index (κ2) is 5.44. The van der Waals surface area contributed by atoms with Crippen molar-refractivity contribution in [1.29, 1.82) is 0 Å². The first-order chi connectivity index (χ1) is 5.18. The zero-order chi connectivity index (χ0) is 8.27. The molecule has 1 aromatic carbocycles. The average molecular weight is 251 g/mol. The van der Waals surface area contributed by atoms with Gasteiger partial charge in [0, 0.05) is 16.2 Å². The molecular weight excluding hydrogens is 237 g/mol. The van der Waals surface area contributed by atoms with Crippen molar-refractivity contribution in [1.82, 2.24) is 0 Å². The van der Waals surface area contributed by atoms with Gasteiger partial charge in [-0.1, -0.05) is 22.0 Å². The molecule has 0 aliphatic heterocycles. The van der Waals surface area contributed by atoms with Gasteiger partial charge in [-0.2, -0.15) is 0 Å². The first kappa shape index (κ1) is 11.8. The lowest BCUT2D eigenvalue weighted by Crippen LogP contribution is -2.09. The predicted octanol–water partition coefficient (Wildman–Crippen LogP) is 3.69. The highest BCUT2D eigenvalue weighted by molar-refractivity contribution is 9.10. The van der Waals surface area contributed by atoms with Gasteiger partial charge in [0.25, 0.3) is 0 Å². The van der Waals surface area contributed by atoms with Crippen molar-refractivity contribution in [3.63, 3.8) is 0 Å². The van der Waals surface area contributed by atoms with E-state index in [4.69, 9.17) is 0 Å². The molecule has 0 aliphatic carbocycles. The summed E-state index contributed by atoms with van der Waals surface area (Å²) in [7, 11) is 0. The Bertz CT molecular complexity index is 238. The van der Waals surface area contributed by atoms with Crippen LogP contribution in [-0.4, -0.2) is 6.04 Å². The van der Waals surface area contributed by atoms with Gasteiger partial charge in [-0.3, -0.25) is 0 Å². The van der Waals surface area contributed by atoms with E-state index in [9.17, 15) is 0 Å². The van der Waals surface area contributed by atoms with Gasteiger partial charge in [-0.25, -0.2) is 0 Å². The maximum Gasteiger partial charge on any atom is 0.0353 e. The molecule has 0 amide bonds. The summed E-state index contributed by atoms with van der Waals surface area (Å²) in [5.41, 5.74) is 1.16. The van der Waals surface area contributed by atoms with Gasteiger partial charge in [-0.15, -0.1) is 12.4 Å². The van der Waals surface area contributed by atoms with Crippen LogP contribution in [0.15, 0.2) is 28.7 Å². The quantitative estimate of drug-likeness (QED) is 0.844. The Morgan fingerprint density at radius 1 is 1.33 bits per heavy atom. The minimum atomic E-state index is 0. The van der Waals surface area contributed by atoms with Crippen LogP contribution in [-0.2, 0) is 0 Å². The van der Waals surface area contributed by atoms with Crippen molar-refractivity contribution in [3.8, 4) is 0 Å². The maximum absolute atomic E-state index is 3.41. The molecule has 1 aromatic rings. The van der Waals surface area contributed by atoms with E-state index >= 15 is 0 Å². The van der Waals surface area contributed by atoms with E-state index in [0.717, 1.165) is 10.2 Å². The number of hydrogen-bond donors (Lipinski definition) is 1. The van der Waals surface area contributed by atoms with E-state index in [1.165, 1.54) is 0 Å². The second-order valence-electron chi connectivity index (χ2n) is 2.81. The van der Waals surface area contributed by atoms with Crippen molar-refractivity contribution in [3.05, 3.63) is 28.7 Å². The van der Waals surface area contributed by atoms with E-state index in [1.54, 1.807) is 0 Å². The Balaban J connectivity index is 0.00000121. The Labute approximate surface area is 88.1 Å². The van der Waals surface area contributed by atoms with Crippen molar-refractivity contribution < 1.29 is 0 Å². The van der Waals surface area contributed by atoms with E-state index in [2.05, 4.69) is 47.2 Å². The molecule has 0 spiro atoms. The summed E-state index contributed by atoms with van der Waals surface area (Å²) in [5.74, 6) is 0. The van der Waals surface area contributed by atoms with Gasteiger partial charge in [0.05, 0.1) is 0 Å². The monoisotopic (exact) mass is 249 g/mol. The number of nitrogens with one attached hydrogen (secondary N) is 1. The lowest BCUT2D eigenvalue weighted by Gasteiger charge is -2.09. The van der Waals surface area contributed by atoms with Gasteiger partial charge in [0.1, 0.15) is 0 Å². The largest absolute Gasteiger partial charge is 0.383 e. The SMILES string of the molecule is CC(C)Nc1cccc(Br)c1.Cl. The molecule has 12 heavy (non-hydrogen) atoms. The van der Waals surface area contributed by atoms with E-state index in [-0.39, 0.29) is 12.4 Å². The number of hydrogen-bond acceptors (Lipinski definition) is 1. The zero-order valence-corrected chi connectivity index (χ0v) is 9.58. The Morgan fingerprint density at radius 2 is 2.00 bits per heavy atom. The number of halogens is 2. The van der Waals surface area contributed by atoms with Crippen LogP contribution in [0.25, 0.3) is 0 Å². The standard InChI is InChI=1S/C9H12BrN.ClH/c1-7(2)11-9-5-3-4-8(10)6-9;/h3-7,11H,1-2H3;1H. The summed E-state index contributed by atoms with van der Waals surface area (Å²) in [6, 6.07) is 8.66. The van der Waals surface area contributed by atoms with Crippen LogP contribution < -0.4 is 5.32 Å². The van der Waals surface area contributed by atoms with E-state index in [1.807, 2.05) is 12.1 Å². The number of benzene rings is 1. The molecular formula is C9H13BrClN. The summed E-state index contributed by atoms with van der Waals surface area (Å²) < 4.78 is 1.11. The summed E-state index contributed by atoms with van der Waals surface area (Å²) in [4.78, 5) is 0. The summed E-state index contributed by atoms with van der Waals surface area (Å²) in [6.07, 6.45) is 0. The third kappa shape index (κ3) is 3.98. The molecule has 0 heterocycles. The zero-order valence-electron chi connectivity index (χ0n) is 7.17. The van der Waals surface area contributed by atoms with Gasteiger partial charge in [0.2, 0.25) is 0 Å². The van der Waals surface area contributed by atoms with Crippen LogP contribution in [0.4, 0.5) is 5.69 Å². The van der Waals surface area contributed by atoms with Crippen LogP contribution in [0.5, 0.6) is 0 Å². The fourth-order valence-electron chi connectivity index (χ4n) is 0.912. The third-order valence-electron chi connectivity index (χ3n) is 1.28. The van der Waals surface area contributed by atoms with Crippen LogP contribution in [0.3, 0.4) is 0 Å². The molecule has 0 aliphatic rings. The van der Waals surface area contributed by atoms with Gasteiger partial charge in [0.15, 0.2) is 0 Å². The lowest BCUT2D eigenvalue weighted by molar-refractivity contribution is 0.899. The van der Waals surface area contributed by atoms with E-state index < -0.39 is 0 Å². The highest BCUT2D eigenvalue weighted by Gasteiger charge is 1.94. The summed E-state index contributed by atoms with van der Waals surface area (Å²) in [5, 5.41) is 3.32. The molecule has 1 nitrogen and oxygen atoms in total. The Kier molecular flexibility index (Phi) is 5.34. The predicted molar refractivity (Wildman–Crippen MR) is 60.1 cm³/mol. The highest BCUT2D eigenvalue weighted by atomic mass is 79.9. The van der Waals surface area contributed by atoms with Crippen LogP contribution in [0, 0.1) is 0 Å². The van der Waals surface area contributed by atoms with Crippen molar-refractivity contribution >= 4 is 34.0 Å². The average Bonchev–Trinajstić information content (AvgIpc) is 1.85. The first-order valence-electron chi connectivity index (χ1n) is 3.70. The Morgan fingerprint density at radius 3 is 2.50 bits per heavy atom. The fraction of sp³-hybridized carbons (Fsp3) is 0.333. The molecule has 1 rings (SSSR count). The minimum absolute atomic E-state index is 0. The molecule has 3 heteroatoms. The molecule has 1 N–H and O–H groups in total. The molecule has 0 unspecified atom stereocenters. The Hall–Kier alpha value is -0.210. The van der Waals surface area contributed by atoms with Crippen molar-refractivity contribution in [2.75, 3.05) is 5.32 Å². The molecule has 0 atom stereocenters. The highest BCUT2D eigenvalue weighted by Crippen LogP contribution is 2.15. The first-order valence-corrected chi connectivity index (χ1v) is 4.50. The minimum Gasteiger partial charge on any atom is -0.383 e. The number of anilines is 1. The molecule has 0 bridgehead atoms. The fourth-order valence-corrected chi connectivity index (χ4v) is 1.31. The lowest BCUT2D eigenvalue weighted by atomic mass is 10.3. The summed E-state index contributed by atoms with van der Waals surface area (Å²) >= 11 is 3.41. The molecule has 0 fully saturated rings. The third-order valence-corrected chi connectivity index (χ3v) is 1.77. The molecule has 68 valence electrons. The molecule has 0 aromatic heterocycles. The van der Waals surface area contributed by atoms with Crippen LogP contribution >= 0.6 is 28.3 Å². The molecule has 0 radical (unpaired) electrons. The van der Waals surface area contributed by atoms with Gasteiger partial charge < -0.3 is 5.32 Å². The topological polar surface area (TPSA) is 12.0 Å². The normalized spacial score (nSPS) is 9.33. The van der Waals surface area contributed by atoms with Crippen molar-refractivity contribution in [2.24, 2.45) is 0 Å². The molecule has 0 saturated carbocycles. The second-order valence-corrected chi connectivity index (χ2v) is 3.73. The number of rotatable bonds is 2. The van der Waals surface area contributed by atoms with Crippen LogP contribution in [0.2, 0.25) is 0 Å². The van der Waals surface area contributed by atoms with Gasteiger partial charge in [-0.05, 0) is 32.0 Å². The van der Waals surface area contributed by atoms with Gasteiger partial charge >= 0.3 is 0 Å². The smallest absolute Gasteiger partial charge is 0.0353 e. The summed E-state index contributed by atoms with van der Waals surface area (Å²) in [6.45, 7) is 4.25. The maximum atomic E-state index is 3.41. The van der Waals surface area contributed by atoms with Crippen LogP contribution in [0.1, 0.15) is 13.8 Å².